The van der Waals surface area contributed by atoms with Crippen LogP contribution in [0.1, 0.15) is 29.6 Å². The number of nitrogens with two attached hydrogens (primary N) is 1. The Balaban J connectivity index is 1.61. The van der Waals surface area contributed by atoms with Gasteiger partial charge >= 0.3 is 0 Å². The van der Waals surface area contributed by atoms with E-state index in [1.54, 1.807) is 23.1 Å². The minimum Gasteiger partial charge on any atom is -0.339 e. The average molecular weight is 384 g/mol. The van der Waals surface area contributed by atoms with Crippen LogP contribution in [0.2, 0.25) is 10.0 Å². The maximum atomic E-state index is 12.7. The van der Waals surface area contributed by atoms with Gasteiger partial charge in [0.25, 0.3) is 5.91 Å². The number of nitrogens with zero attached hydrogens (tertiary/aromatic N) is 2. The third-order valence-electron chi connectivity index (χ3n) is 5.34. The highest BCUT2D eigenvalue weighted by Gasteiger charge is 2.36. The summed E-state index contributed by atoms with van der Waals surface area (Å²) in [5, 5.41) is 0.653. The van der Waals surface area contributed by atoms with Crippen molar-refractivity contribution in [3.8, 4) is 0 Å². The number of hydrogen-bond donors (Lipinski definition) is 1. The van der Waals surface area contributed by atoms with E-state index in [4.69, 9.17) is 28.9 Å². The molecule has 1 aromatic rings. The molecule has 5 nitrogen and oxygen atoms in total. The highest BCUT2D eigenvalue weighted by Crippen LogP contribution is 2.33. The van der Waals surface area contributed by atoms with Crippen molar-refractivity contribution in [2.24, 2.45) is 17.6 Å². The number of piperazine rings is 1. The molecule has 3 rings (SSSR count). The van der Waals surface area contributed by atoms with Crippen molar-refractivity contribution in [3.05, 3.63) is 33.8 Å². The molecule has 1 aromatic carbocycles. The van der Waals surface area contributed by atoms with Gasteiger partial charge in [-0.2, -0.15) is 0 Å². The van der Waals surface area contributed by atoms with Gasteiger partial charge in [0.05, 0.1) is 15.6 Å². The highest BCUT2D eigenvalue weighted by molar-refractivity contribution is 6.43. The van der Waals surface area contributed by atoms with E-state index in [1.165, 1.54) is 0 Å². The van der Waals surface area contributed by atoms with Crippen LogP contribution in [-0.2, 0) is 4.79 Å². The van der Waals surface area contributed by atoms with Crippen LogP contribution in [0.4, 0.5) is 0 Å². The Morgan fingerprint density at radius 1 is 1.08 bits per heavy atom. The van der Waals surface area contributed by atoms with E-state index in [-0.39, 0.29) is 22.8 Å². The third kappa shape index (κ3) is 3.78. The van der Waals surface area contributed by atoms with E-state index >= 15 is 0 Å². The number of benzene rings is 1. The van der Waals surface area contributed by atoms with Gasteiger partial charge in [0, 0.05) is 32.1 Å². The third-order valence-corrected chi connectivity index (χ3v) is 6.16. The lowest BCUT2D eigenvalue weighted by Gasteiger charge is -2.37. The van der Waals surface area contributed by atoms with Gasteiger partial charge in [-0.15, -0.1) is 0 Å². The standard InChI is InChI=1S/C18H23Cl2N3O2/c19-15-6-2-5-14(16(15)20)18(25)23-9-7-22(8-10-23)17(24)13-4-1-3-12(13)11-21/h2,5-6,12-13H,1,3-4,7-11,21H2/t12-,13-/m1/s1. The van der Waals surface area contributed by atoms with Crippen LogP contribution in [0, 0.1) is 11.8 Å². The summed E-state index contributed by atoms with van der Waals surface area (Å²) in [6.07, 6.45) is 3.04. The van der Waals surface area contributed by atoms with Gasteiger partial charge in [0.1, 0.15) is 0 Å². The first-order chi connectivity index (χ1) is 12.0. The lowest BCUT2D eigenvalue weighted by atomic mass is 9.94. The lowest BCUT2D eigenvalue weighted by Crippen LogP contribution is -2.52. The van der Waals surface area contributed by atoms with Crippen LogP contribution in [0.25, 0.3) is 0 Å². The summed E-state index contributed by atoms with van der Waals surface area (Å²) < 4.78 is 0. The van der Waals surface area contributed by atoms with Gasteiger partial charge < -0.3 is 15.5 Å². The smallest absolute Gasteiger partial charge is 0.255 e. The molecule has 2 atom stereocenters. The van der Waals surface area contributed by atoms with Crippen LogP contribution < -0.4 is 5.73 Å². The second-order valence-corrected chi connectivity index (χ2v) is 7.54. The normalized spacial score (nSPS) is 23.8. The molecule has 1 saturated heterocycles. The molecule has 7 heteroatoms. The molecule has 0 radical (unpaired) electrons. The Morgan fingerprint density at radius 3 is 2.44 bits per heavy atom. The summed E-state index contributed by atoms with van der Waals surface area (Å²) in [4.78, 5) is 29.0. The molecule has 136 valence electrons. The van der Waals surface area contributed by atoms with E-state index in [0.29, 0.717) is 49.2 Å². The van der Waals surface area contributed by atoms with Crippen molar-refractivity contribution >= 4 is 35.0 Å². The SMILES string of the molecule is NC[C@H]1CCC[C@H]1C(=O)N1CCN(C(=O)c2cccc(Cl)c2Cl)CC1. The molecule has 25 heavy (non-hydrogen) atoms. The maximum absolute atomic E-state index is 12.7. The van der Waals surface area contributed by atoms with Crippen molar-refractivity contribution in [2.75, 3.05) is 32.7 Å². The van der Waals surface area contributed by atoms with Gasteiger partial charge in [-0.05, 0) is 37.4 Å². The van der Waals surface area contributed by atoms with Gasteiger partial charge in [0.15, 0.2) is 0 Å². The molecule has 1 aliphatic carbocycles. The van der Waals surface area contributed by atoms with Gasteiger partial charge in [-0.1, -0.05) is 35.7 Å². The Bertz CT molecular complexity index is 660. The van der Waals surface area contributed by atoms with E-state index < -0.39 is 0 Å². The van der Waals surface area contributed by atoms with Crippen LogP contribution in [0.15, 0.2) is 18.2 Å². The molecular formula is C18H23Cl2N3O2. The fraction of sp³-hybridized carbons (Fsp3) is 0.556. The number of carbonyl (C=O) groups is 2. The molecule has 0 spiro atoms. The fourth-order valence-corrected chi connectivity index (χ4v) is 4.23. The molecule has 1 saturated carbocycles. The first-order valence-corrected chi connectivity index (χ1v) is 9.50. The highest BCUT2D eigenvalue weighted by atomic mass is 35.5. The maximum Gasteiger partial charge on any atom is 0.255 e. The molecule has 1 heterocycles. The summed E-state index contributed by atoms with van der Waals surface area (Å²) >= 11 is 12.1. The van der Waals surface area contributed by atoms with Crippen molar-refractivity contribution in [1.29, 1.82) is 0 Å². The molecule has 0 aromatic heterocycles. The Kier molecular flexibility index (Phi) is 5.87. The summed E-state index contributed by atoms with van der Waals surface area (Å²) in [5.41, 5.74) is 6.21. The molecular weight excluding hydrogens is 361 g/mol. The molecule has 2 amide bonds. The Labute approximate surface area is 158 Å². The predicted molar refractivity (Wildman–Crippen MR) is 98.8 cm³/mol. The van der Waals surface area contributed by atoms with Crippen molar-refractivity contribution < 1.29 is 9.59 Å². The molecule has 0 unspecified atom stereocenters. The van der Waals surface area contributed by atoms with Crippen LogP contribution in [0.5, 0.6) is 0 Å². The van der Waals surface area contributed by atoms with E-state index in [9.17, 15) is 9.59 Å². The van der Waals surface area contributed by atoms with Crippen molar-refractivity contribution in [2.45, 2.75) is 19.3 Å². The van der Waals surface area contributed by atoms with Crippen LogP contribution >= 0.6 is 23.2 Å². The summed E-state index contributed by atoms with van der Waals surface area (Å²) in [6, 6.07) is 5.06. The van der Waals surface area contributed by atoms with Crippen LogP contribution in [0.3, 0.4) is 0 Å². The number of amides is 2. The zero-order valence-corrected chi connectivity index (χ0v) is 15.6. The zero-order valence-electron chi connectivity index (χ0n) is 14.1. The van der Waals surface area contributed by atoms with E-state index in [0.717, 1.165) is 19.3 Å². The van der Waals surface area contributed by atoms with Gasteiger partial charge in [-0.25, -0.2) is 0 Å². The Morgan fingerprint density at radius 2 is 1.76 bits per heavy atom. The zero-order chi connectivity index (χ0) is 18.0. The molecule has 2 fully saturated rings. The molecule has 0 bridgehead atoms. The first kappa shape index (κ1) is 18.5. The van der Waals surface area contributed by atoms with Gasteiger partial charge in [-0.3, -0.25) is 9.59 Å². The second-order valence-electron chi connectivity index (χ2n) is 6.75. The quantitative estimate of drug-likeness (QED) is 0.872. The number of halogens is 2. The summed E-state index contributed by atoms with van der Waals surface area (Å²) in [6.45, 7) is 2.69. The van der Waals surface area contributed by atoms with Crippen molar-refractivity contribution in [3.63, 3.8) is 0 Å². The minimum absolute atomic E-state index is 0.0506. The van der Waals surface area contributed by atoms with E-state index in [1.807, 2.05) is 4.90 Å². The minimum atomic E-state index is -0.139. The molecule has 2 aliphatic rings. The summed E-state index contributed by atoms with van der Waals surface area (Å²) in [5.74, 6) is 0.410. The topological polar surface area (TPSA) is 66.6 Å². The fourth-order valence-electron chi connectivity index (χ4n) is 3.85. The second kappa shape index (κ2) is 7.94. The number of carbonyl (C=O) groups excluding carboxylic acids is 2. The van der Waals surface area contributed by atoms with Crippen molar-refractivity contribution in [1.82, 2.24) is 9.80 Å². The average Bonchev–Trinajstić information content (AvgIpc) is 3.11. The first-order valence-electron chi connectivity index (χ1n) is 8.75. The van der Waals surface area contributed by atoms with Gasteiger partial charge in [0.2, 0.25) is 5.91 Å². The number of hydrogen-bond acceptors (Lipinski definition) is 3. The Hall–Kier alpha value is -1.30. The number of rotatable bonds is 3. The van der Waals surface area contributed by atoms with Crippen LogP contribution in [-0.4, -0.2) is 54.3 Å². The molecule has 2 N–H and O–H groups in total. The largest absolute Gasteiger partial charge is 0.339 e. The predicted octanol–water partition coefficient (Wildman–Crippen LogP) is 2.65. The van der Waals surface area contributed by atoms with E-state index in [2.05, 4.69) is 0 Å². The lowest BCUT2D eigenvalue weighted by molar-refractivity contribution is -0.138. The molecule has 1 aliphatic heterocycles. The summed E-state index contributed by atoms with van der Waals surface area (Å²) in [7, 11) is 0. The monoisotopic (exact) mass is 383 g/mol.